The van der Waals surface area contributed by atoms with Crippen LogP contribution in [-0.4, -0.2) is 31.1 Å². The Kier molecular flexibility index (Phi) is 6.50. The fourth-order valence-electron chi connectivity index (χ4n) is 3.59. The average Bonchev–Trinajstić information content (AvgIpc) is 3.05. The third-order valence-corrected chi connectivity index (χ3v) is 5.13. The summed E-state index contributed by atoms with van der Waals surface area (Å²) in [5.41, 5.74) is 1.25. The van der Waals surface area contributed by atoms with E-state index in [-0.39, 0.29) is 30.9 Å². The molecular weight excluding hydrogens is 346 g/mol. The number of carbonyl (C=O) groups excluding carboxylic acids is 2. The molecule has 1 saturated carbocycles. The van der Waals surface area contributed by atoms with Crippen LogP contribution in [0.3, 0.4) is 0 Å². The minimum absolute atomic E-state index is 0.100. The zero-order valence-electron chi connectivity index (χ0n) is 16.0. The van der Waals surface area contributed by atoms with Crippen LogP contribution in [0.2, 0.25) is 0 Å². The van der Waals surface area contributed by atoms with E-state index in [1.165, 1.54) is 6.42 Å². The van der Waals surface area contributed by atoms with Gasteiger partial charge in [-0.3, -0.25) is 4.79 Å². The Morgan fingerprint density at radius 1 is 1.22 bits per heavy atom. The minimum Gasteiger partial charge on any atom is -0.450 e. The Morgan fingerprint density at radius 2 is 2.00 bits per heavy atom. The van der Waals surface area contributed by atoms with Crippen molar-refractivity contribution in [2.45, 2.75) is 52.2 Å². The van der Waals surface area contributed by atoms with E-state index in [0.29, 0.717) is 23.7 Å². The van der Waals surface area contributed by atoms with E-state index in [0.717, 1.165) is 24.6 Å². The maximum atomic E-state index is 12.5. The first-order chi connectivity index (χ1) is 13.1. The van der Waals surface area contributed by atoms with Crippen LogP contribution in [0.5, 0.6) is 0 Å². The highest BCUT2D eigenvalue weighted by Gasteiger charge is 2.25. The summed E-state index contributed by atoms with van der Waals surface area (Å²) in [5, 5.41) is 3.80. The van der Waals surface area contributed by atoms with Gasteiger partial charge in [0.25, 0.3) is 5.91 Å². The van der Waals surface area contributed by atoms with Gasteiger partial charge in [0.05, 0.1) is 6.61 Å². The van der Waals surface area contributed by atoms with E-state index in [1.54, 1.807) is 6.07 Å². The number of hydrogen-bond donors (Lipinski definition) is 1. The molecule has 6 heteroatoms. The van der Waals surface area contributed by atoms with Crippen LogP contribution < -0.4 is 5.32 Å². The Morgan fingerprint density at radius 3 is 2.78 bits per heavy atom. The van der Waals surface area contributed by atoms with Gasteiger partial charge in [0, 0.05) is 23.6 Å². The maximum Gasteiger partial charge on any atom is 0.375 e. The van der Waals surface area contributed by atoms with Crippen molar-refractivity contribution in [2.75, 3.05) is 13.2 Å². The second-order valence-corrected chi connectivity index (χ2v) is 7.05. The zero-order chi connectivity index (χ0) is 19.2. The second kappa shape index (κ2) is 9.04. The Balaban J connectivity index is 1.64. The first-order valence-electron chi connectivity index (χ1n) is 9.64. The van der Waals surface area contributed by atoms with Crippen molar-refractivity contribution in [3.8, 4) is 0 Å². The number of ether oxygens (including phenoxy) is 2. The summed E-state index contributed by atoms with van der Waals surface area (Å²) in [7, 11) is 0. The molecule has 1 N–H and O–H groups in total. The molecule has 0 radical (unpaired) electrons. The highest BCUT2D eigenvalue weighted by Crippen LogP contribution is 2.27. The summed E-state index contributed by atoms with van der Waals surface area (Å²) < 4.78 is 16.4. The molecule has 1 aliphatic carbocycles. The van der Waals surface area contributed by atoms with Gasteiger partial charge in [0.1, 0.15) is 5.58 Å². The number of para-hydroxylation sites is 1. The van der Waals surface area contributed by atoms with Crippen molar-refractivity contribution in [3.63, 3.8) is 0 Å². The van der Waals surface area contributed by atoms with E-state index in [9.17, 15) is 9.59 Å². The van der Waals surface area contributed by atoms with Crippen molar-refractivity contribution in [1.29, 1.82) is 0 Å². The summed E-state index contributed by atoms with van der Waals surface area (Å²) in [6.07, 6.45) is 4.42. The van der Waals surface area contributed by atoms with Gasteiger partial charge in [-0.25, -0.2) is 4.79 Å². The second-order valence-electron chi connectivity index (χ2n) is 7.05. The molecule has 27 heavy (non-hydrogen) atoms. The van der Waals surface area contributed by atoms with E-state index in [1.807, 2.05) is 25.1 Å². The van der Waals surface area contributed by atoms with Gasteiger partial charge < -0.3 is 19.2 Å². The summed E-state index contributed by atoms with van der Waals surface area (Å²) in [6.45, 7) is 4.49. The Bertz CT molecular complexity index is 797. The molecule has 0 aliphatic heterocycles. The number of nitrogens with one attached hydrogen (secondary N) is 1. The smallest absolute Gasteiger partial charge is 0.375 e. The van der Waals surface area contributed by atoms with Gasteiger partial charge >= 0.3 is 5.97 Å². The predicted molar refractivity (Wildman–Crippen MR) is 101 cm³/mol. The number of esters is 1. The molecule has 1 fully saturated rings. The number of amides is 1. The summed E-state index contributed by atoms with van der Waals surface area (Å²) in [6, 6.07) is 7.54. The Hall–Kier alpha value is -2.34. The van der Waals surface area contributed by atoms with Gasteiger partial charge in [0.15, 0.2) is 6.61 Å². The highest BCUT2D eigenvalue weighted by molar-refractivity contribution is 5.96. The maximum absolute atomic E-state index is 12.5. The fraction of sp³-hybridized carbons (Fsp3) is 0.524. The van der Waals surface area contributed by atoms with Crippen molar-refractivity contribution in [2.24, 2.45) is 5.92 Å². The van der Waals surface area contributed by atoms with E-state index < -0.39 is 5.97 Å². The zero-order valence-corrected chi connectivity index (χ0v) is 16.0. The molecule has 3 rings (SSSR count). The van der Waals surface area contributed by atoms with Crippen molar-refractivity contribution < 1.29 is 23.5 Å². The number of furan rings is 1. The molecule has 1 heterocycles. The first kappa shape index (κ1) is 19.4. The molecule has 0 spiro atoms. The number of hydrogen-bond acceptors (Lipinski definition) is 5. The lowest BCUT2D eigenvalue weighted by atomic mass is 9.86. The van der Waals surface area contributed by atoms with Gasteiger partial charge in [-0.2, -0.15) is 0 Å². The molecule has 1 aromatic carbocycles. The quantitative estimate of drug-likeness (QED) is 0.747. The summed E-state index contributed by atoms with van der Waals surface area (Å²) >= 11 is 0. The molecule has 1 aliphatic rings. The molecule has 1 amide bonds. The topological polar surface area (TPSA) is 77.8 Å². The van der Waals surface area contributed by atoms with Crippen LogP contribution in [0.25, 0.3) is 11.0 Å². The van der Waals surface area contributed by atoms with Crippen LogP contribution in [0.1, 0.15) is 55.6 Å². The van der Waals surface area contributed by atoms with Gasteiger partial charge in [0.2, 0.25) is 5.76 Å². The van der Waals surface area contributed by atoms with Crippen LogP contribution in [0.15, 0.2) is 28.7 Å². The minimum atomic E-state index is -0.646. The van der Waals surface area contributed by atoms with Crippen LogP contribution in [0, 0.1) is 5.92 Å². The van der Waals surface area contributed by atoms with Gasteiger partial charge in [-0.1, -0.05) is 38.0 Å². The largest absolute Gasteiger partial charge is 0.450 e. The van der Waals surface area contributed by atoms with Crippen LogP contribution >= 0.6 is 0 Å². The predicted octanol–water partition coefficient (Wildman–Crippen LogP) is 3.82. The molecule has 146 valence electrons. The summed E-state index contributed by atoms with van der Waals surface area (Å²) in [5.74, 6) is -0.368. The van der Waals surface area contributed by atoms with Gasteiger partial charge in [-0.15, -0.1) is 0 Å². The third-order valence-electron chi connectivity index (χ3n) is 5.13. The van der Waals surface area contributed by atoms with Crippen LogP contribution in [-0.2, 0) is 20.9 Å². The molecule has 2 aromatic rings. The van der Waals surface area contributed by atoms with E-state index >= 15 is 0 Å². The van der Waals surface area contributed by atoms with Gasteiger partial charge in [-0.05, 0) is 31.7 Å². The average molecular weight is 373 g/mol. The SMILES string of the molecule is CCOCc1c(C(=O)OCC(=O)N[C@@H]2CCCC[C@H]2C)oc2ccccc12. The monoisotopic (exact) mass is 373 g/mol. The van der Waals surface area contributed by atoms with E-state index in [2.05, 4.69) is 12.2 Å². The number of benzene rings is 1. The van der Waals surface area contributed by atoms with Crippen LogP contribution in [0.4, 0.5) is 0 Å². The van der Waals surface area contributed by atoms with Crippen molar-refractivity contribution >= 4 is 22.8 Å². The first-order valence-corrected chi connectivity index (χ1v) is 9.64. The molecule has 2 atom stereocenters. The highest BCUT2D eigenvalue weighted by atomic mass is 16.5. The van der Waals surface area contributed by atoms with Crippen molar-refractivity contribution in [1.82, 2.24) is 5.32 Å². The Labute approximate surface area is 159 Å². The van der Waals surface area contributed by atoms with Crippen molar-refractivity contribution in [3.05, 3.63) is 35.6 Å². The van der Waals surface area contributed by atoms with E-state index in [4.69, 9.17) is 13.9 Å². The molecule has 0 bridgehead atoms. The molecule has 1 aromatic heterocycles. The molecular formula is C21H27NO5. The lowest BCUT2D eigenvalue weighted by molar-refractivity contribution is -0.125. The number of carbonyl (C=O) groups is 2. The lowest BCUT2D eigenvalue weighted by Crippen LogP contribution is -2.42. The summed E-state index contributed by atoms with van der Waals surface area (Å²) in [4.78, 5) is 24.7. The normalized spacial score (nSPS) is 19.8. The standard InChI is InChI=1S/C21H27NO5/c1-3-25-12-16-15-9-5-7-11-18(15)27-20(16)21(24)26-13-19(23)22-17-10-6-4-8-14(17)2/h5,7,9,11,14,17H,3-4,6,8,10,12-13H2,1-2H3,(H,22,23)/t14-,17-/m1/s1. The molecule has 0 saturated heterocycles. The third kappa shape index (κ3) is 4.69. The fourth-order valence-corrected chi connectivity index (χ4v) is 3.59. The molecule has 6 nitrogen and oxygen atoms in total. The number of fused-ring (bicyclic) bond motifs is 1. The number of rotatable bonds is 7. The lowest BCUT2D eigenvalue weighted by Gasteiger charge is -2.29. The molecule has 0 unspecified atom stereocenters.